The van der Waals surface area contributed by atoms with Crippen LogP contribution < -0.4 is 0 Å². The highest BCUT2D eigenvalue weighted by Gasteiger charge is 2.29. The second kappa shape index (κ2) is 7.99. The number of rotatable bonds is 6. The molecule has 0 spiro atoms. The molecule has 0 aliphatic carbocycles. The maximum atomic E-state index is 12.7. The van der Waals surface area contributed by atoms with Crippen molar-refractivity contribution in [2.24, 2.45) is 5.92 Å². The summed E-state index contributed by atoms with van der Waals surface area (Å²) in [7, 11) is -2.92. The molecule has 8 heteroatoms. The molecule has 6 nitrogen and oxygen atoms in total. The maximum absolute atomic E-state index is 12.7. The van der Waals surface area contributed by atoms with Crippen molar-refractivity contribution in [2.75, 3.05) is 11.5 Å². The van der Waals surface area contributed by atoms with Crippen LogP contribution in [0, 0.1) is 5.92 Å². The van der Waals surface area contributed by atoms with Crippen LogP contribution in [-0.2, 0) is 21.7 Å². The molecule has 0 N–H and O–H groups in total. The molecular formula is C20H26N2O4S2. The van der Waals surface area contributed by atoms with E-state index in [9.17, 15) is 13.2 Å². The van der Waals surface area contributed by atoms with Gasteiger partial charge in [-0.3, -0.25) is 4.79 Å². The normalized spacial score (nSPS) is 20.2. The van der Waals surface area contributed by atoms with Crippen LogP contribution in [0.1, 0.15) is 55.9 Å². The zero-order valence-electron chi connectivity index (χ0n) is 16.6. The molecule has 0 bridgehead atoms. The maximum Gasteiger partial charge on any atom is 0.277 e. The van der Waals surface area contributed by atoms with Crippen LogP contribution in [-0.4, -0.2) is 41.2 Å². The van der Waals surface area contributed by atoms with Crippen molar-refractivity contribution in [2.45, 2.75) is 56.4 Å². The lowest BCUT2D eigenvalue weighted by Crippen LogP contribution is -2.15. The Labute approximate surface area is 170 Å². The minimum Gasteiger partial charge on any atom is -0.416 e. The molecule has 28 heavy (non-hydrogen) atoms. The molecule has 2 aromatic rings. The van der Waals surface area contributed by atoms with Crippen LogP contribution in [0.3, 0.4) is 0 Å². The number of Topliss-reactive ketones (excluding diaryl/α,β-unsaturated/α-hetero) is 1. The summed E-state index contributed by atoms with van der Waals surface area (Å²) in [6, 6.07) is 7.70. The van der Waals surface area contributed by atoms with Gasteiger partial charge in [0, 0.05) is 12.0 Å². The van der Waals surface area contributed by atoms with Gasteiger partial charge in [-0.1, -0.05) is 56.8 Å². The van der Waals surface area contributed by atoms with Crippen LogP contribution in [0.25, 0.3) is 0 Å². The summed E-state index contributed by atoms with van der Waals surface area (Å²) in [6.07, 6.45) is 1.09. The first kappa shape index (κ1) is 21.0. The first-order chi connectivity index (χ1) is 13.0. The number of hydrogen-bond acceptors (Lipinski definition) is 7. The van der Waals surface area contributed by atoms with Crippen LogP contribution in [0.4, 0.5) is 0 Å². The fraction of sp³-hybridized carbons (Fsp3) is 0.550. The summed E-state index contributed by atoms with van der Waals surface area (Å²) >= 11 is 1.23. The Bertz CT molecular complexity index is 943. The highest BCUT2D eigenvalue weighted by atomic mass is 32.2. The first-order valence-corrected chi connectivity index (χ1v) is 12.1. The minimum absolute atomic E-state index is 0.00657. The second-order valence-corrected chi connectivity index (χ2v) is 11.9. The Morgan fingerprint density at radius 3 is 2.50 bits per heavy atom. The van der Waals surface area contributed by atoms with Gasteiger partial charge in [-0.25, -0.2) is 8.42 Å². The number of nitrogens with zero attached hydrogens (tertiary/aromatic N) is 2. The fourth-order valence-corrected chi connectivity index (χ4v) is 5.86. The van der Waals surface area contributed by atoms with Gasteiger partial charge in [0.15, 0.2) is 15.6 Å². The first-order valence-electron chi connectivity index (χ1n) is 9.38. The van der Waals surface area contributed by atoms with E-state index in [1.807, 2.05) is 31.2 Å². The Morgan fingerprint density at radius 2 is 1.93 bits per heavy atom. The number of hydrogen-bond donors (Lipinski definition) is 0. The Morgan fingerprint density at radius 1 is 1.25 bits per heavy atom. The average molecular weight is 423 g/mol. The smallest absolute Gasteiger partial charge is 0.277 e. The van der Waals surface area contributed by atoms with Crippen LogP contribution >= 0.6 is 11.8 Å². The average Bonchev–Trinajstić information content (AvgIpc) is 3.19. The largest absolute Gasteiger partial charge is 0.416 e. The fourth-order valence-electron chi connectivity index (χ4n) is 3.22. The third-order valence-corrected chi connectivity index (χ3v) is 7.69. The molecule has 1 aromatic heterocycles. The molecule has 3 rings (SSSR count). The quantitative estimate of drug-likeness (QED) is 0.518. The van der Waals surface area contributed by atoms with Crippen LogP contribution in [0.5, 0.6) is 0 Å². The van der Waals surface area contributed by atoms with Crippen molar-refractivity contribution >= 4 is 27.4 Å². The number of carbonyl (C=O) groups excluding carboxylic acids is 1. The summed E-state index contributed by atoms with van der Waals surface area (Å²) in [5.41, 5.74) is 1.88. The number of thioether (sulfide) groups is 1. The van der Waals surface area contributed by atoms with Crippen molar-refractivity contribution < 1.29 is 17.6 Å². The summed E-state index contributed by atoms with van der Waals surface area (Å²) in [5.74, 6) is 0.874. The summed E-state index contributed by atoms with van der Waals surface area (Å²) in [5, 5.41) is 7.98. The van der Waals surface area contributed by atoms with Gasteiger partial charge in [0.1, 0.15) is 0 Å². The molecule has 0 unspecified atom stereocenters. The van der Waals surface area contributed by atoms with E-state index >= 15 is 0 Å². The molecule has 152 valence electrons. The number of carbonyl (C=O) groups is 1. The van der Waals surface area contributed by atoms with Crippen LogP contribution in [0.2, 0.25) is 0 Å². The topological polar surface area (TPSA) is 90.1 Å². The summed E-state index contributed by atoms with van der Waals surface area (Å²) in [4.78, 5) is 12.7. The predicted octanol–water partition coefficient (Wildman–Crippen LogP) is 3.71. The zero-order chi connectivity index (χ0) is 20.5. The van der Waals surface area contributed by atoms with Crippen LogP contribution in [0.15, 0.2) is 33.9 Å². The van der Waals surface area contributed by atoms with Crippen molar-refractivity contribution in [3.8, 4) is 0 Å². The monoisotopic (exact) mass is 422 g/mol. The van der Waals surface area contributed by atoms with Gasteiger partial charge in [-0.05, 0) is 30.2 Å². The standard InChI is InChI=1S/C20H26N2O4S2/c1-13(18(23)15-5-7-16(8-6-15)20(2,3)4)27-19-22-21-17(26-19)11-14-9-10-28(24,25)12-14/h5-8,13-14H,9-12H2,1-4H3/t13-,14+/m0/s1. The second-order valence-electron chi connectivity index (χ2n) is 8.39. The SMILES string of the molecule is C[C@H](Sc1nnc(C[C@H]2CCS(=O)(=O)C2)o1)C(=O)c1ccc(C(C)(C)C)cc1. The molecule has 2 heterocycles. The van der Waals surface area contributed by atoms with E-state index in [-0.39, 0.29) is 33.9 Å². The molecule has 1 aromatic carbocycles. The molecular weight excluding hydrogens is 396 g/mol. The van der Waals surface area contributed by atoms with Crippen molar-refractivity contribution in [3.05, 3.63) is 41.3 Å². The van der Waals surface area contributed by atoms with E-state index < -0.39 is 9.84 Å². The Balaban J connectivity index is 1.59. The van der Waals surface area contributed by atoms with Crippen molar-refractivity contribution in [1.29, 1.82) is 0 Å². The number of aromatic nitrogens is 2. The third kappa shape index (κ3) is 5.23. The van der Waals surface area contributed by atoms with Gasteiger partial charge in [-0.2, -0.15) is 0 Å². The summed E-state index contributed by atoms with van der Waals surface area (Å²) < 4.78 is 28.7. The highest BCUT2D eigenvalue weighted by molar-refractivity contribution is 8.00. The lowest BCUT2D eigenvalue weighted by molar-refractivity contribution is 0.0993. The van der Waals surface area contributed by atoms with E-state index in [1.54, 1.807) is 0 Å². The van der Waals surface area contributed by atoms with E-state index in [0.717, 1.165) is 0 Å². The molecule has 1 saturated heterocycles. The van der Waals surface area contributed by atoms with Gasteiger partial charge in [-0.15, -0.1) is 10.2 Å². The molecule has 2 atom stereocenters. The molecule has 0 saturated carbocycles. The van der Waals surface area contributed by atoms with E-state index in [2.05, 4.69) is 31.0 Å². The predicted molar refractivity (Wildman–Crippen MR) is 110 cm³/mol. The van der Waals surface area contributed by atoms with Gasteiger partial charge in [0.25, 0.3) is 5.22 Å². The minimum atomic E-state index is -2.92. The van der Waals surface area contributed by atoms with Gasteiger partial charge >= 0.3 is 0 Å². The van der Waals surface area contributed by atoms with Crippen molar-refractivity contribution in [3.63, 3.8) is 0 Å². The lowest BCUT2D eigenvalue weighted by Gasteiger charge is -2.19. The molecule has 1 aliphatic rings. The zero-order valence-corrected chi connectivity index (χ0v) is 18.3. The number of sulfone groups is 1. The lowest BCUT2D eigenvalue weighted by atomic mass is 9.86. The number of benzene rings is 1. The molecule has 0 amide bonds. The van der Waals surface area contributed by atoms with E-state index in [4.69, 9.17) is 4.42 Å². The summed E-state index contributed by atoms with van der Waals surface area (Å²) in [6.45, 7) is 8.22. The van der Waals surface area contributed by atoms with E-state index in [1.165, 1.54) is 17.3 Å². The molecule has 0 radical (unpaired) electrons. The Kier molecular flexibility index (Phi) is 6.00. The third-order valence-electron chi connectivity index (χ3n) is 4.92. The molecule has 1 fully saturated rings. The highest BCUT2D eigenvalue weighted by Crippen LogP contribution is 2.28. The van der Waals surface area contributed by atoms with Gasteiger partial charge < -0.3 is 4.42 Å². The molecule has 1 aliphatic heterocycles. The number of ketones is 1. The van der Waals surface area contributed by atoms with Gasteiger partial charge in [0.2, 0.25) is 5.89 Å². The van der Waals surface area contributed by atoms with E-state index in [0.29, 0.717) is 29.5 Å². The van der Waals surface area contributed by atoms with Crippen molar-refractivity contribution in [1.82, 2.24) is 10.2 Å². The Hall–Kier alpha value is -1.67. The van der Waals surface area contributed by atoms with Gasteiger partial charge in [0.05, 0.1) is 16.8 Å².